The van der Waals surface area contributed by atoms with Gasteiger partial charge in [-0.2, -0.15) is 4.31 Å². The lowest BCUT2D eigenvalue weighted by atomic mass is 10.0. The van der Waals surface area contributed by atoms with Gasteiger partial charge in [0.1, 0.15) is 0 Å². The third kappa shape index (κ3) is 2.99. The first kappa shape index (κ1) is 13.3. The largest absolute Gasteiger partial charge is 0.394 e. The van der Waals surface area contributed by atoms with Crippen molar-refractivity contribution in [1.82, 2.24) is 4.31 Å². The van der Waals surface area contributed by atoms with Crippen LogP contribution in [0.5, 0.6) is 0 Å². The SMILES string of the molecule is O=S(=O)(C1CCCCC1)N1CCOC(CO)C1. The lowest BCUT2D eigenvalue weighted by Crippen LogP contribution is -2.50. The summed E-state index contributed by atoms with van der Waals surface area (Å²) in [5.41, 5.74) is 0. The van der Waals surface area contributed by atoms with Gasteiger partial charge in [-0.3, -0.25) is 0 Å². The van der Waals surface area contributed by atoms with Crippen molar-refractivity contribution < 1.29 is 18.3 Å². The maximum absolute atomic E-state index is 12.4. The number of morpholine rings is 1. The molecular weight excluding hydrogens is 242 g/mol. The first-order valence-corrected chi connectivity index (χ1v) is 7.86. The van der Waals surface area contributed by atoms with Crippen LogP contribution in [-0.4, -0.2) is 55.5 Å². The molecule has 0 spiro atoms. The van der Waals surface area contributed by atoms with E-state index in [1.807, 2.05) is 0 Å². The van der Waals surface area contributed by atoms with E-state index in [4.69, 9.17) is 9.84 Å². The Morgan fingerprint density at radius 1 is 1.24 bits per heavy atom. The molecule has 100 valence electrons. The van der Waals surface area contributed by atoms with Gasteiger partial charge in [0.05, 0.1) is 24.6 Å². The molecule has 0 bridgehead atoms. The first-order valence-electron chi connectivity index (χ1n) is 6.36. The average molecular weight is 263 g/mol. The van der Waals surface area contributed by atoms with E-state index in [1.165, 1.54) is 4.31 Å². The quantitative estimate of drug-likeness (QED) is 0.797. The summed E-state index contributed by atoms with van der Waals surface area (Å²) in [5.74, 6) is 0. The number of rotatable bonds is 3. The molecule has 6 heteroatoms. The second-order valence-electron chi connectivity index (χ2n) is 4.84. The monoisotopic (exact) mass is 263 g/mol. The van der Waals surface area contributed by atoms with E-state index < -0.39 is 10.0 Å². The lowest BCUT2D eigenvalue weighted by molar-refractivity contribution is -0.0307. The lowest BCUT2D eigenvalue weighted by Gasteiger charge is -2.34. The zero-order chi connectivity index (χ0) is 12.3. The van der Waals surface area contributed by atoms with Gasteiger partial charge in [-0.15, -0.1) is 0 Å². The number of hydrogen-bond donors (Lipinski definition) is 1. The molecular formula is C11H21NO4S. The fourth-order valence-corrected chi connectivity index (χ4v) is 4.66. The maximum atomic E-state index is 12.4. The highest BCUT2D eigenvalue weighted by molar-refractivity contribution is 7.89. The fourth-order valence-electron chi connectivity index (χ4n) is 2.61. The number of aliphatic hydroxyl groups excluding tert-OH is 1. The molecule has 0 aromatic rings. The minimum atomic E-state index is -3.19. The van der Waals surface area contributed by atoms with Crippen LogP contribution in [0.25, 0.3) is 0 Å². The maximum Gasteiger partial charge on any atom is 0.217 e. The molecule has 1 unspecified atom stereocenters. The van der Waals surface area contributed by atoms with Gasteiger partial charge >= 0.3 is 0 Å². The molecule has 2 fully saturated rings. The summed E-state index contributed by atoms with van der Waals surface area (Å²) >= 11 is 0. The number of nitrogens with zero attached hydrogens (tertiary/aromatic N) is 1. The molecule has 2 rings (SSSR count). The Hall–Kier alpha value is -0.170. The standard InChI is InChI=1S/C11H21NO4S/c13-9-10-8-12(6-7-16-10)17(14,15)11-4-2-1-3-5-11/h10-11,13H,1-9H2. The minimum Gasteiger partial charge on any atom is -0.394 e. The van der Waals surface area contributed by atoms with Gasteiger partial charge in [0.15, 0.2) is 0 Å². The van der Waals surface area contributed by atoms with E-state index in [1.54, 1.807) is 0 Å². The Morgan fingerprint density at radius 3 is 2.59 bits per heavy atom. The van der Waals surface area contributed by atoms with Gasteiger partial charge in [-0.1, -0.05) is 19.3 Å². The van der Waals surface area contributed by atoms with Gasteiger partial charge in [0.2, 0.25) is 10.0 Å². The molecule has 1 N–H and O–H groups in total. The van der Waals surface area contributed by atoms with E-state index in [0.717, 1.165) is 32.1 Å². The Bertz CT molecular complexity index is 337. The molecule has 1 atom stereocenters. The summed E-state index contributed by atoms with van der Waals surface area (Å²) in [6, 6.07) is 0. The van der Waals surface area contributed by atoms with Crippen molar-refractivity contribution in [2.45, 2.75) is 43.5 Å². The number of hydrogen-bond acceptors (Lipinski definition) is 4. The van der Waals surface area contributed by atoms with Crippen molar-refractivity contribution in [1.29, 1.82) is 0 Å². The molecule has 17 heavy (non-hydrogen) atoms. The van der Waals surface area contributed by atoms with Crippen molar-refractivity contribution in [3.05, 3.63) is 0 Å². The molecule has 2 aliphatic rings. The summed E-state index contributed by atoms with van der Waals surface area (Å²) in [7, 11) is -3.19. The van der Waals surface area contributed by atoms with Crippen LogP contribution in [0.3, 0.4) is 0 Å². The summed E-state index contributed by atoms with van der Waals surface area (Å²) in [6.07, 6.45) is 4.37. The van der Waals surface area contributed by atoms with E-state index in [0.29, 0.717) is 19.7 Å². The van der Waals surface area contributed by atoms with Crippen LogP contribution in [0.2, 0.25) is 0 Å². The fraction of sp³-hybridized carbons (Fsp3) is 1.00. The molecule has 0 amide bonds. The topological polar surface area (TPSA) is 66.8 Å². The number of aliphatic hydroxyl groups is 1. The van der Waals surface area contributed by atoms with Crippen LogP contribution in [-0.2, 0) is 14.8 Å². The first-order chi connectivity index (χ1) is 8.14. The second-order valence-corrected chi connectivity index (χ2v) is 7.05. The van der Waals surface area contributed by atoms with Crippen LogP contribution in [0.4, 0.5) is 0 Å². The van der Waals surface area contributed by atoms with Crippen LogP contribution in [0.1, 0.15) is 32.1 Å². The van der Waals surface area contributed by atoms with Crippen molar-refractivity contribution in [2.75, 3.05) is 26.3 Å². The molecule has 0 radical (unpaired) electrons. The molecule has 1 aliphatic heterocycles. The van der Waals surface area contributed by atoms with Gasteiger partial charge in [-0.05, 0) is 12.8 Å². The molecule has 1 saturated carbocycles. The van der Waals surface area contributed by atoms with Crippen molar-refractivity contribution >= 4 is 10.0 Å². The number of sulfonamides is 1. The third-order valence-electron chi connectivity index (χ3n) is 3.64. The van der Waals surface area contributed by atoms with E-state index >= 15 is 0 Å². The predicted octanol–water partition coefficient (Wildman–Crippen LogP) is 0.342. The van der Waals surface area contributed by atoms with Crippen LogP contribution in [0.15, 0.2) is 0 Å². The predicted molar refractivity (Wildman–Crippen MR) is 64.2 cm³/mol. The Morgan fingerprint density at radius 2 is 1.94 bits per heavy atom. The van der Waals surface area contributed by atoms with E-state index in [-0.39, 0.29) is 18.0 Å². The smallest absolute Gasteiger partial charge is 0.217 e. The highest BCUT2D eigenvalue weighted by atomic mass is 32.2. The second kappa shape index (κ2) is 5.65. The average Bonchev–Trinajstić information content (AvgIpc) is 2.40. The Balaban J connectivity index is 2.03. The van der Waals surface area contributed by atoms with Gasteiger partial charge < -0.3 is 9.84 Å². The molecule has 0 aromatic heterocycles. The number of ether oxygens (including phenoxy) is 1. The van der Waals surface area contributed by atoms with Gasteiger partial charge in [0, 0.05) is 13.1 Å². The zero-order valence-corrected chi connectivity index (χ0v) is 10.9. The van der Waals surface area contributed by atoms with E-state index in [2.05, 4.69) is 0 Å². The molecule has 5 nitrogen and oxygen atoms in total. The van der Waals surface area contributed by atoms with Crippen LogP contribution >= 0.6 is 0 Å². The van der Waals surface area contributed by atoms with Crippen molar-refractivity contribution in [3.8, 4) is 0 Å². The molecule has 1 heterocycles. The van der Waals surface area contributed by atoms with Gasteiger partial charge in [0.25, 0.3) is 0 Å². The summed E-state index contributed by atoms with van der Waals surface area (Å²) in [6.45, 7) is 0.999. The van der Waals surface area contributed by atoms with Crippen molar-refractivity contribution in [2.24, 2.45) is 0 Å². The molecule has 0 aromatic carbocycles. The van der Waals surface area contributed by atoms with E-state index in [9.17, 15) is 8.42 Å². The summed E-state index contributed by atoms with van der Waals surface area (Å²) in [4.78, 5) is 0. The summed E-state index contributed by atoms with van der Waals surface area (Å²) < 4.78 is 31.6. The Labute approximate surface area is 103 Å². The Kier molecular flexibility index (Phi) is 4.41. The zero-order valence-electron chi connectivity index (χ0n) is 10.0. The van der Waals surface area contributed by atoms with Crippen LogP contribution in [0, 0.1) is 0 Å². The van der Waals surface area contributed by atoms with Crippen molar-refractivity contribution in [3.63, 3.8) is 0 Å². The molecule has 1 saturated heterocycles. The highest BCUT2D eigenvalue weighted by Gasteiger charge is 2.35. The summed E-state index contributed by atoms with van der Waals surface area (Å²) in [5, 5.41) is 8.82. The normalized spacial score (nSPS) is 29.4. The molecule has 1 aliphatic carbocycles. The highest BCUT2D eigenvalue weighted by Crippen LogP contribution is 2.27. The van der Waals surface area contributed by atoms with Gasteiger partial charge in [-0.25, -0.2) is 8.42 Å². The third-order valence-corrected chi connectivity index (χ3v) is 6.00. The van der Waals surface area contributed by atoms with Crippen LogP contribution < -0.4 is 0 Å². The minimum absolute atomic E-state index is 0.114.